The standard InChI is InChI=1S/C8H5F3N2O6/c9-8(10,11)19-6-4(14)1-3(2-5(15)16)12-7(6)13(17)18/h1H,2H2,(H,12,14)(H,15,16). The number of carboxylic acid groups (broad SMARTS) is 1. The van der Waals surface area contributed by atoms with Crippen LogP contribution in [0.1, 0.15) is 5.69 Å². The first-order chi connectivity index (χ1) is 8.60. The van der Waals surface area contributed by atoms with Crippen molar-refractivity contribution in [2.24, 2.45) is 0 Å². The Bertz CT molecular complexity index is 579. The van der Waals surface area contributed by atoms with Crippen molar-refractivity contribution >= 4 is 11.8 Å². The molecular weight excluding hydrogens is 277 g/mol. The van der Waals surface area contributed by atoms with Crippen LogP contribution in [0.5, 0.6) is 5.75 Å². The molecule has 0 unspecified atom stereocenters. The minimum absolute atomic E-state index is 0.418. The van der Waals surface area contributed by atoms with Gasteiger partial charge in [0.25, 0.3) is 5.75 Å². The largest absolute Gasteiger partial charge is 0.573 e. The van der Waals surface area contributed by atoms with Crippen LogP contribution < -0.4 is 10.2 Å². The van der Waals surface area contributed by atoms with Crippen LogP contribution in [0.3, 0.4) is 0 Å². The van der Waals surface area contributed by atoms with E-state index in [0.717, 1.165) is 0 Å². The van der Waals surface area contributed by atoms with Gasteiger partial charge >= 0.3 is 18.1 Å². The summed E-state index contributed by atoms with van der Waals surface area (Å²) < 4.78 is 39.2. The number of rotatable bonds is 4. The summed E-state index contributed by atoms with van der Waals surface area (Å²) in [6.45, 7) is 0. The first-order valence-corrected chi connectivity index (χ1v) is 4.48. The number of pyridine rings is 1. The van der Waals surface area contributed by atoms with Crippen LogP contribution in [-0.4, -0.2) is 27.3 Å². The van der Waals surface area contributed by atoms with E-state index in [9.17, 15) is 32.9 Å². The number of nitrogens with zero attached hydrogens (tertiary/aromatic N) is 1. The monoisotopic (exact) mass is 282 g/mol. The van der Waals surface area contributed by atoms with Crippen molar-refractivity contribution in [3.8, 4) is 5.75 Å². The molecule has 1 heterocycles. The number of carboxylic acids is 1. The molecule has 1 aromatic rings. The summed E-state index contributed by atoms with van der Waals surface area (Å²) in [5, 5.41) is 19.0. The summed E-state index contributed by atoms with van der Waals surface area (Å²) in [5.74, 6) is -4.33. The zero-order valence-corrected chi connectivity index (χ0v) is 8.85. The molecule has 19 heavy (non-hydrogen) atoms. The second kappa shape index (κ2) is 4.96. The maximum absolute atomic E-state index is 12.0. The fourth-order valence-corrected chi connectivity index (χ4v) is 1.19. The summed E-state index contributed by atoms with van der Waals surface area (Å²) in [5.41, 5.74) is -1.86. The number of halogens is 3. The summed E-state index contributed by atoms with van der Waals surface area (Å²) in [4.78, 5) is 32.7. The van der Waals surface area contributed by atoms with Crippen LogP contribution >= 0.6 is 0 Å². The van der Waals surface area contributed by atoms with Gasteiger partial charge in [-0.1, -0.05) is 0 Å². The third-order valence-corrected chi connectivity index (χ3v) is 1.77. The van der Waals surface area contributed by atoms with Gasteiger partial charge in [0.05, 0.1) is 0 Å². The maximum atomic E-state index is 12.0. The van der Waals surface area contributed by atoms with Gasteiger partial charge in [0, 0.05) is 6.07 Å². The lowest BCUT2D eigenvalue weighted by Gasteiger charge is -2.09. The number of ether oxygens (including phenoxy) is 1. The van der Waals surface area contributed by atoms with Gasteiger partial charge < -0.3 is 20.0 Å². The van der Waals surface area contributed by atoms with Gasteiger partial charge in [0.2, 0.25) is 5.43 Å². The zero-order chi connectivity index (χ0) is 14.8. The first kappa shape index (κ1) is 14.5. The SMILES string of the molecule is O=C(O)Cc1cc(=O)c(OC(F)(F)F)c([N+](=O)[O-])[nH]1. The van der Waals surface area contributed by atoms with E-state index >= 15 is 0 Å². The molecule has 0 bridgehead atoms. The van der Waals surface area contributed by atoms with E-state index in [2.05, 4.69) is 4.74 Å². The number of nitro groups is 1. The summed E-state index contributed by atoms with van der Waals surface area (Å²) >= 11 is 0. The smallest absolute Gasteiger partial charge is 0.481 e. The highest BCUT2D eigenvalue weighted by Gasteiger charge is 2.36. The molecule has 0 saturated carbocycles. The first-order valence-electron chi connectivity index (χ1n) is 4.48. The average Bonchev–Trinajstić information content (AvgIpc) is 2.18. The molecule has 0 aliphatic carbocycles. The van der Waals surface area contributed by atoms with E-state index in [1.165, 1.54) is 0 Å². The summed E-state index contributed by atoms with van der Waals surface area (Å²) in [6.07, 6.45) is -6.07. The minimum Gasteiger partial charge on any atom is -0.481 e. The number of hydrogen-bond donors (Lipinski definition) is 2. The summed E-state index contributed by atoms with van der Waals surface area (Å²) in [7, 11) is 0. The molecule has 0 aliphatic heterocycles. The normalized spacial score (nSPS) is 11.1. The second-order valence-electron chi connectivity index (χ2n) is 3.21. The van der Waals surface area contributed by atoms with Crippen molar-refractivity contribution in [2.75, 3.05) is 0 Å². The molecule has 11 heteroatoms. The minimum atomic E-state index is -5.29. The van der Waals surface area contributed by atoms with Crippen molar-refractivity contribution in [1.82, 2.24) is 4.98 Å². The maximum Gasteiger partial charge on any atom is 0.573 e. The second-order valence-corrected chi connectivity index (χ2v) is 3.21. The molecule has 1 rings (SSSR count). The lowest BCUT2D eigenvalue weighted by molar-refractivity contribution is -0.393. The van der Waals surface area contributed by atoms with Crippen molar-refractivity contribution < 1.29 is 32.7 Å². The zero-order valence-electron chi connectivity index (χ0n) is 8.85. The Morgan fingerprint density at radius 3 is 2.53 bits per heavy atom. The van der Waals surface area contributed by atoms with E-state index in [4.69, 9.17) is 5.11 Å². The quantitative estimate of drug-likeness (QED) is 0.622. The molecule has 104 valence electrons. The van der Waals surface area contributed by atoms with Gasteiger partial charge in [-0.2, -0.15) is 0 Å². The number of aromatic amines is 1. The molecule has 0 radical (unpaired) electrons. The lowest BCUT2D eigenvalue weighted by Crippen LogP contribution is -2.23. The van der Waals surface area contributed by atoms with Crippen LogP contribution in [0.2, 0.25) is 0 Å². The number of carbonyl (C=O) groups is 1. The predicted molar refractivity (Wildman–Crippen MR) is 51.7 cm³/mol. The Hall–Kier alpha value is -2.59. The number of H-pyrrole nitrogens is 1. The van der Waals surface area contributed by atoms with E-state index in [1.807, 2.05) is 0 Å². The van der Waals surface area contributed by atoms with E-state index in [1.54, 1.807) is 4.98 Å². The number of alkyl halides is 3. The predicted octanol–water partition coefficient (Wildman–Crippen LogP) is 0.809. The molecule has 0 aliphatic rings. The van der Waals surface area contributed by atoms with Crippen LogP contribution in [0.4, 0.5) is 19.0 Å². The highest BCUT2D eigenvalue weighted by Crippen LogP contribution is 2.27. The Balaban J connectivity index is 3.35. The van der Waals surface area contributed by atoms with Crippen molar-refractivity contribution in [3.63, 3.8) is 0 Å². The molecule has 0 fully saturated rings. The van der Waals surface area contributed by atoms with Gasteiger partial charge in [-0.15, -0.1) is 13.2 Å². The van der Waals surface area contributed by atoms with Crippen molar-refractivity contribution in [2.45, 2.75) is 12.8 Å². The molecule has 2 N–H and O–H groups in total. The van der Waals surface area contributed by atoms with Gasteiger partial charge in [-0.3, -0.25) is 9.59 Å². The van der Waals surface area contributed by atoms with Gasteiger partial charge in [0.15, 0.2) is 0 Å². The topological polar surface area (TPSA) is 123 Å². The molecule has 0 saturated heterocycles. The Morgan fingerprint density at radius 2 is 2.11 bits per heavy atom. The fourth-order valence-electron chi connectivity index (χ4n) is 1.19. The van der Waals surface area contributed by atoms with Crippen LogP contribution in [0.15, 0.2) is 10.9 Å². The molecular formula is C8H5F3N2O6. The van der Waals surface area contributed by atoms with Crippen LogP contribution in [0.25, 0.3) is 0 Å². The van der Waals surface area contributed by atoms with Crippen LogP contribution in [0, 0.1) is 10.1 Å². The molecule has 0 aromatic carbocycles. The average molecular weight is 282 g/mol. The Kier molecular flexibility index (Phi) is 3.77. The molecule has 8 nitrogen and oxygen atoms in total. The molecule has 0 amide bonds. The molecule has 0 spiro atoms. The van der Waals surface area contributed by atoms with E-state index < -0.39 is 46.4 Å². The van der Waals surface area contributed by atoms with Gasteiger partial charge in [-0.25, -0.2) is 4.98 Å². The number of nitrogens with one attached hydrogen (secondary N) is 1. The molecule has 0 atom stereocenters. The number of aliphatic carboxylic acids is 1. The highest BCUT2D eigenvalue weighted by atomic mass is 19.4. The van der Waals surface area contributed by atoms with Gasteiger partial charge in [-0.05, 0) is 4.92 Å². The Labute approximate surface area is 101 Å². The van der Waals surface area contributed by atoms with E-state index in [0.29, 0.717) is 6.07 Å². The van der Waals surface area contributed by atoms with Crippen molar-refractivity contribution in [1.29, 1.82) is 0 Å². The number of aromatic nitrogens is 1. The highest BCUT2D eigenvalue weighted by molar-refractivity contribution is 5.69. The number of hydrogen-bond acceptors (Lipinski definition) is 5. The fraction of sp³-hybridized carbons (Fsp3) is 0.250. The van der Waals surface area contributed by atoms with Crippen molar-refractivity contribution in [3.05, 3.63) is 32.1 Å². The van der Waals surface area contributed by atoms with E-state index in [-0.39, 0.29) is 0 Å². The summed E-state index contributed by atoms with van der Waals surface area (Å²) in [6, 6.07) is 0.488. The third kappa shape index (κ3) is 3.97. The lowest BCUT2D eigenvalue weighted by atomic mass is 10.2. The Morgan fingerprint density at radius 1 is 1.53 bits per heavy atom. The van der Waals surface area contributed by atoms with Crippen LogP contribution in [-0.2, 0) is 11.2 Å². The molecule has 1 aromatic heterocycles. The van der Waals surface area contributed by atoms with Gasteiger partial charge in [0.1, 0.15) is 12.1 Å². The third-order valence-electron chi connectivity index (χ3n) is 1.77.